The largest absolute Gasteiger partial charge is 0.469 e. The first kappa shape index (κ1) is 11.9. The lowest BCUT2D eigenvalue weighted by Crippen LogP contribution is -2.29. The normalized spacial score (nSPS) is 12.6. The summed E-state index contributed by atoms with van der Waals surface area (Å²) in [7, 11) is 1.91. The first-order valence-electron chi connectivity index (χ1n) is 5.72. The maximum absolute atomic E-state index is 13.1. The Kier molecular flexibility index (Phi) is 3.94. The number of hydrogen-bond donors (Lipinski definition) is 1. The van der Waals surface area contributed by atoms with Gasteiger partial charge in [0, 0.05) is 12.5 Å². The molecule has 1 unspecified atom stereocenters. The Labute approximate surface area is 100 Å². The SMILES string of the molecule is CNC(Cc1cccc(F)c1)Cc1ccco1. The fraction of sp³-hybridized carbons (Fsp3) is 0.286. The standard InChI is InChI=1S/C14H16FNO/c1-16-13(10-14-6-3-7-17-14)9-11-4-2-5-12(15)8-11/h2-8,13,16H,9-10H2,1H3. The Bertz CT molecular complexity index is 453. The molecule has 17 heavy (non-hydrogen) atoms. The molecule has 90 valence electrons. The van der Waals surface area contributed by atoms with Crippen molar-refractivity contribution in [3.05, 3.63) is 59.8 Å². The molecule has 2 rings (SSSR count). The third-order valence-corrected chi connectivity index (χ3v) is 2.81. The number of likely N-dealkylation sites (N-methyl/N-ethyl adjacent to an activating group) is 1. The van der Waals surface area contributed by atoms with E-state index in [-0.39, 0.29) is 11.9 Å². The number of halogens is 1. The predicted octanol–water partition coefficient (Wildman–Crippen LogP) is 2.79. The van der Waals surface area contributed by atoms with Crippen LogP contribution in [0, 0.1) is 5.82 Å². The van der Waals surface area contributed by atoms with E-state index in [9.17, 15) is 4.39 Å². The molecule has 0 saturated heterocycles. The van der Waals surface area contributed by atoms with Gasteiger partial charge in [0.25, 0.3) is 0 Å². The summed E-state index contributed by atoms with van der Waals surface area (Å²) in [6.45, 7) is 0. The second kappa shape index (κ2) is 5.64. The second-order valence-corrected chi connectivity index (χ2v) is 4.10. The van der Waals surface area contributed by atoms with Gasteiger partial charge in [-0.05, 0) is 43.3 Å². The first-order valence-corrected chi connectivity index (χ1v) is 5.72. The molecule has 1 aromatic heterocycles. The van der Waals surface area contributed by atoms with Crippen LogP contribution in [0.15, 0.2) is 47.1 Å². The minimum Gasteiger partial charge on any atom is -0.469 e. The molecule has 1 N–H and O–H groups in total. The highest BCUT2D eigenvalue weighted by Gasteiger charge is 2.10. The van der Waals surface area contributed by atoms with Crippen LogP contribution in [0.25, 0.3) is 0 Å². The highest BCUT2D eigenvalue weighted by atomic mass is 19.1. The molecular weight excluding hydrogens is 217 g/mol. The third-order valence-electron chi connectivity index (χ3n) is 2.81. The Morgan fingerprint density at radius 1 is 1.24 bits per heavy atom. The lowest BCUT2D eigenvalue weighted by atomic mass is 10.0. The van der Waals surface area contributed by atoms with Crippen molar-refractivity contribution in [2.75, 3.05) is 7.05 Å². The van der Waals surface area contributed by atoms with Crippen LogP contribution < -0.4 is 5.32 Å². The van der Waals surface area contributed by atoms with Crippen molar-refractivity contribution >= 4 is 0 Å². The van der Waals surface area contributed by atoms with E-state index in [1.54, 1.807) is 18.4 Å². The molecule has 3 heteroatoms. The van der Waals surface area contributed by atoms with Crippen LogP contribution in [0.4, 0.5) is 4.39 Å². The van der Waals surface area contributed by atoms with Crippen LogP contribution in [0.1, 0.15) is 11.3 Å². The van der Waals surface area contributed by atoms with Gasteiger partial charge < -0.3 is 9.73 Å². The van der Waals surface area contributed by atoms with E-state index in [0.29, 0.717) is 0 Å². The predicted molar refractivity (Wildman–Crippen MR) is 65.4 cm³/mol. The maximum Gasteiger partial charge on any atom is 0.123 e. The van der Waals surface area contributed by atoms with Crippen molar-refractivity contribution < 1.29 is 8.81 Å². The van der Waals surface area contributed by atoms with Crippen molar-refractivity contribution in [3.8, 4) is 0 Å². The zero-order chi connectivity index (χ0) is 12.1. The molecule has 0 aliphatic carbocycles. The Morgan fingerprint density at radius 2 is 2.12 bits per heavy atom. The molecule has 0 fully saturated rings. The molecule has 0 spiro atoms. The van der Waals surface area contributed by atoms with E-state index in [2.05, 4.69) is 5.32 Å². The Hall–Kier alpha value is -1.61. The molecule has 0 aliphatic rings. The molecule has 0 radical (unpaired) electrons. The van der Waals surface area contributed by atoms with Crippen molar-refractivity contribution in [1.29, 1.82) is 0 Å². The number of furan rings is 1. The van der Waals surface area contributed by atoms with Gasteiger partial charge in [0.1, 0.15) is 11.6 Å². The first-order chi connectivity index (χ1) is 8.28. The summed E-state index contributed by atoms with van der Waals surface area (Å²) in [5, 5.41) is 3.23. The summed E-state index contributed by atoms with van der Waals surface area (Å²) in [6, 6.07) is 10.8. The summed E-state index contributed by atoms with van der Waals surface area (Å²) in [6.07, 6.45) is 3.26. The topological polar surface area (TPSA) is 25.2 Å². The Balaban J connectivity index is 2.00. The van der Waals surface area contributed by atoms with Gasteiger partial charge in [-0.2, -0.15) is 0 Å². The van der Waals surface area contributed by atoms with E-state index < -0.39 is 0 Å². The summed E-state index contributed by atoms with van der Waals surface area (Å²) >= 11 is 0. The van der Waals surface area contributed by atoms with E-state index in [4.69, 9.17) is 4.42 Å². The van der Waals surface area contributed by atoms with Gasteiger partial charge in [-0.3, -0.25) is 0 Å². The van der Waals surface area contributed by atoms with Gasteiger partial charge in [-0.25, -0.2) is 4.39 Å². The van der Waals surface area contributed by atoms with Crippen molar-refractivity contribution in [3.63, 3.8) is 0 Å². The monoisotopic (exact) mass is 233 g/mol. The summed E-state index contributed by atoms with van der Waals surface area (Å²) in [4.78, 5) is 0. The molecule has 1 aromatic carbocycles. The van der Waals surface area contributed by atoms with Gasteiger partial charge >= 0.3 is 0 Å². The van der Waals surface area contributed by atoms with E-state index in [0.717, 1.165) is 24.2 Å². The number of nitrogens with one attached hydrogen (secondary N) is 1. The van der Waals surface area contributed by atoms with Gasteiger partial charge in [0.05, 0.1) is 6.26 Å². The zero-order valence-electron chi connectivity index (χ0n) is 9.82. The van der Waals surface area contributed by atoms with Crippen molar-refractivity contribution in [2.45, 2.75) is 18.9 Å². The number of hydrogen-bond acceptors (Lipinski definition) is 2. The molecule has 0 amide bonds. The quantitative estimate of drug-likeness (QED) is 0.859. The Morgan fingerprint density at radius 3 is 2.76 bits per heavy atom. The summed E-state index contributed by atoms with van der Waals surface area (Å²) in [5.74, 6) is 0.760. The van der Waals surface area contributed by atoms with Gasteiger partial charge in [0.15, 0.2) is 0 Å². The van der Waals surface area contributed by atoms with E-state index in [1.807, 2.05) is 25.2 Å². The molecular formula is C14H16FNO. The summed E-state index contributed by atoms with van der Waals surface area (Å²) in [5.41, 5.74) is 0.996. The van der Waals surface area contributed by atoms with Crippen LogP contribution in [0.3, 0.4) is 0 Å². The van der Waals surface area contributed by atoms with E-state index in [1.165, 1.54) is 6.07 Å². The average Bonchev–Trinajstić information content (AvgIpc) is 2.81. The van der Waals surface area contributed by atoms with Crippen molar-refractivity contribution in [1.82, 2.24) is 5.32 Å². The van der Waals surface area contributed by atoms with Gasteiger partial charge in [0.2, 0.25) is 0 Å². The smallest absolute Gasteiger partial charge is 0.123 e. The van der Waals surface area contributed by atoms with Crippen LogP contribution in [-0.2, 0) is 12.8 Å². The van der Waals surface area contributed by atoms with Crippen LogP contribution >= 0.6 is 0 Å². The van der Waals surface area contributed by atoms with Gasteiger partial charge in [-0.15, -0.1) is 0 Å². The fourth-order valence-electron chi connectivity index (χ4n) is 1.90. The van der Waals surface area contributed by atoms with E-state index >= 15 is 0 Å². The van der Waals surface area contributed by atoms with Crippen LogP contribution in [-0.4, -0.2) is 13.1 Å². The molecule has 1 atom stereocenters. The lowest BCUT2D eigenvalue weighted by molar-refractivity contribution is 0.456. The zero-order valence-corrected chi connectivity index (χ0v) is 9.82. The minimum absolute atomic E-state index is 0.185. The molecule has 2 aromatic rings. The molecule has 0 bridgehead atoms. The highest BCUT2D eigenvalue weighted by Crippen LogP contribution is 2.10. The second-order valence-electron chi connectivity index (χ2n) is 4.10. The maximum atomic E-state index is 13.1. The molecule has 2 nitrogen and oxygen atoms in total. The number of rotatable bonds is 5. The molecule has 1 heterocycles. The molecule has 0 saturated carbocycles. The number of benzene rings is 1. The van der Waals surface area contributed by atoms with Crippen LogP contribution in [0.2, 0.25) is 0 Å². The third kappa shape index (κ3) is 3.43. The average molecular weight is 233 g/mol. The van der Waals surface area contributed by atoms with Crippen LogP contribution in [0.5, 0.6) is 0 Å². The lowest BCUT2D eigenvalue weighted by Gasteiger charge is -2.14. The summed E-state index contributed by atoms with van der Waals surface area (Å²) < 4.78 is 18.4. The molecule has 0 aliphatic heterocycles. The highest BCUT2D eigenvalue weighted by molar-refractivity contribution is 5.18. The minimum atomic E-state index is -0.185. The fourth-order valence-corrected chi connectivity index (χ4v) is 1.90. The van der Waals surface area contributed by atoms with Crippen molar-refractivity contribution in [2.24, 2.45) is 0 Å². The van der Waals surface area contributed by atoms with Gasteiger partial charge in [-0.1, -0.05) is 12.1 Å².